The van der Waals surface area contributed by atoms with Gasteiger partial charge in [-0.3, -0.25) is 0 Å². The van der Waals surface area contributed by atoms with Crippen LogP contribution in [0.15, 0.2) is 174 Å². The van der Waals surface area contributed by atoms with E-state index in [-0.39, 0.29) is 12.9 Å². The van der Waals surface area contributed by atoms with E-state index in [2.05, 4.69) is 110 Å². The van der Waals surface area contributed by atoms with Crippen LogP contribution < -0.4 is 4.84 Å². The van der Waals surface area contributed by atoms with Gasteiger partial charge in [0.05, 0.1) is 5.70 Å². The molecule has 7 heteroatoms. The van der Waals surface area contributed by atoms with Crippen molar-refractivity contribution in [2.75, 3.05) is 13.8 Å². The Kier molecular flexibility index (Phi) is 10.6. The third kappa shape index (κ3) is 6.77. The molecule has 1 aliphatic heterocycles. The minimum Gasteiger partial charge on any atom is -0.378 e. The van der Waals surface area contributed by atoms with E-state index in [1.54, 1.807) is 6.08 Å². The van der Waals surface area contributed by atoms with Crippen LogP contribution in [0.25, 0.3) is 11.1 Å². The maximum Gasteiger partial charge on any atom is 0.169 e. The Balaban J connectivity index is 1.34. The van der Waals surface area contributed by atoms with E-state index in [4.69, 9.17) is 15.2 Å². The highest BCUT2D eigenvalue weighted by molar-refractivity contribution is 5.68. The van der Waals surface area contributed by atoms with E-state index in [1.165, 1.54) is 5.06 Å². The molecular formula is C42H43N5O2. The fraction of sp³-hybridized carbons (Fsp3) is 0.190. The van der Waals surface area contributed by atoms with Crippen LogP contribution in [0.5, 0.6) is 5.75 Å². The molecule has 1 aliphatic rings. The molecule has 0 aliphatic carbocycles. The summed E-state index contributed by atoms with van der Waals surface area (Å²) in [5.74, 6) is 0.629. The van der Waals surface area contributed by atoms with Gasteiger partial charge in [0.25, 0.3) is 0 Å². The maximum absolute atomic E-state index is 10.1. The molecule has 6 rings (SSSR count). The maximum atomic E-state index is 10.1. The fourth-order valence-corrected chi connectivity index (χ4v) is 6.56. The van der Waals surface area contributed by atoms with Gasteiger partial charge < -0.3 is 9.94 Å². The van der Waals surface area contributed by atoms with Gasteiger partial charge in [-0.25, -0.2) is 0 Å². The Morgan fingerprint density at radius 3 is 1.90 bits per heavy atom. The van der Waals surface area contributed by atoms with Crippen LogP contribution in [0.1, 0.15) is 54.6 Å². The minimum atomic E-state index is -0.778. The van der Waals surface area contributed by atoms with Crippen molar-refractivity contribution in [1.29, 1.82) is 0 Å². The first-order valence-electron chi connectivity index (χ1n) is 16.8. The van der Waals surface area contributed by atoms with Crippen LogP contribution in [0, 0.1) is 0 Å². The number of hydroxylamine groups is 2. The zero-order chi connectivity index (χ0) is 34.1. The Bertz CT molecular complexity index is 1760. The third-order valence-corrected chi connectivity index (χ3v) is 8.94. The number of hydrogen-bond acceptors (Lipinski definition) is 7. The first-order valence-corrected chi connectivity index (χ1v) is 16.8. The Morgan fingerprint density at radius 2 is 1.37 bits per heavy atom. The van der Waals surface area contributed by atoms with Crippen molar-refractivity contribution in [3.05, 3.63) is 186 Å². The SMILES string of the molecule is C=C/C=C(/CCCC)N(CO)Oc1ccc(-c2ccccc2C2N=NN(C(c3ccccc3)(c3ccccc3)c3ccccc3)N2C)cc1. The molecule has 1 heterocycles. The molecule has 0 spiro atoms. The first-order chi connectivity index (χ1) is 24.1. The van der Waals surface area contributed by atoms with Crippen molar-refractivity contribution in [3.63, 3.8) is 0 Å². The molecule has 5 aromatic rings. The number of hydrogen-bond donors (Lipinski definition) is 1. The average molecular weight is 650 g/mol. The quantitative estimate of drug-likeness (QED) is 0.0562. The van der Waals surface area contributed by atoms with Crippen LogP contribution in [0.4, 0.5) is 0 Å². The second-order valence-corrected chi connectivity index (χ2v) is 12.0. The van der Waals surface area contributed by atoms with E-state index in [9.17, 15) is 5.11 Å². The summed E-state index contributed by atoms with van der Waals surface area (Å²) in [6, 6.07) is 47.8. The number of allylic oxidation sites excluding steroid dienone is 3. The lowest BCUT2D eigenvalue weighted by molar-refractivity contribution is -0.0858. The average Bonchev–Trinajstić information content (AvgIpc) is 3.55. The molecule has 248 valence electrons. The lowest BCUT2D eigenvalue weighted by Gasteiger charge is -2.44. The highest BCUT2D eigenvalue weighted by Gasteiger charge is 2.48. The van der Waals surface area contributed by atoms with E-state index >= 15 is 0 Å². The second-order valence-electron chi connectivity index (χ2n) is 12.0. The van der Waals surface area contributed by atoms with E-state index in [1.807, 2.05) is 65.8 Å². The van der Waals surface area contributed by atoms with E-state index < -0.39 is 5.54 Å². The zero-order valence-corrected chi connectivity index (χ0v) is 28.1. The molecule has 0 aromatic heterocycles. The molecule has 0 saturated heterocycles. The third-order valence-electron chi connectivity index (χ3n) is 8.94. The number of hydrazine groups is 1. The lowest BCUT2D eigenvalue weighted by Crippen LogP contribution is -2.51. The Labute approximate surface area is 289 Å². The highest BCUT2D eigenvalue weighted by Crippen LogP contribution is 2.48. The summed E-state index contributed by atoms with van der Waals surface area (Å²) in [4.78, 5) is 6.11. The normalized spacial score (nSPS) is 15.0. The summed E-state index contributed by atoms with van der Waals surface area (Å²) < 4.78 is 0. The van der Waals surface area contributed by atoms with Crippen LogP contribution in [0.2, 0.25) is 0 Å². The summed E-state index contributed by atoms with van der Waals surface area (Å²) in [5.41, 5.74) is 6.45. The largest absolute Gasteiger partial charge is 0.378 e. The van der Waals surface area contributed by atoms with Gasteiger partial charge in [0.2, 0.25) is 0 Å². The van der Waals surface area contributed by atoms with Crippen molar-refractivity contribution < 1.29 is 9.94 Å². The first kappa shape index (κ1) is 33.4. The predicted octanol–water partition coefficient (Wildman–Crippen LogP) is 9.68. The van der Waals surface area contributed by atoms with Gasteiger partial charge in [0, 0.05) is 12.6 Å². The van der Waals surface area contributed by atoms with E-state index in [0.29, 0.717) is 5.75 Å². The zero-order valence-electron chi connectivity index (χ0n) is 28.1. The predicted molar refractivity (Wildman–Crippen MR) is 196 cm³/mol. The van der Waals surface area contributed by atoms with Crippen molar-refractivity contribution in [2.45, 2.75) is 37.9 Å². The molecule has 1 unspecified atom stereocenters. The van der Waals surface area contributed by atoms with Gasteiger partial charge in [-0.15, -0.1) is 5.11 Å². The molecule has 49 heavy (non-hydrogen) atoms. The summed E-state index contributed by atoms with van der Waals surface area (Å²) in [5, 5.41) is 25.6. The number of benzene rings is 5. The molecule has 0 fully saturated rings. The molecule has 5 aromatic carbocycles. The van der Waals surface area contributed by atoms with Gasteiger partial charge >= 0.3 is 0 Å². The van der Waals surface area contributed by atoms with Crippen LogP contribution in [-0.4, -0.2) is 34.1 Å². The number of aliphatic hydroxyl groups is 1. The molecule has 0 saturated carbocycles. The van der Waals surface area contributed by atoms with Gasteiger partial charge in [-0.05, 0) is 58.9 Å². The molecular weight excluding hydrogens is 606 g/mol. The number of rotatable bonds is 14. The minimum absolute atomic E-state index is 0.264. The summed E-state index contributed by atoms with van der Waals surface area (Å²) in [6.07, 6.45) is 6.05. The highest BCUT2D eigenvalue weighted by atomic mass is 16.7. The van der Waals surface area contributed by atoms with Gasteiger partial charge in [0.1, 0.15) is 0 Å². The summed E-state index contributed by atoms with van der Waals surface area (Å²) >= 11 is 0. The summed E-state index contributed by atoms with van der Waals surface area (Å²) in [6.45, 7) is 5.70. The van der Waals surface area contributed by atoms with Crippen LogP contribution >= 0.6 is 0 Å². The molecule has 0 bridgehead atoms. The fourth-order valence-electron chi connectivity index (χ4n) is 6.56. The Hall–Kier alpha value is -5.50. The monoisotopic (exact) mass is 649 g/mol. The Morgan fingerprint density at radius 1 is 0.816 bits per heavy atom. The van der Waals surface area contributed by atoms with E-state index in [0.717, 1.165) is 58.3 Å². The number of aliphatic hydroxyl groups excluding tert-OH is 1. The lowest BCUT2D eigenvalue weighted by atomic mass is 9.77. The molecule has 0 radical (unpaired) electrons. The van der Waals surface area contributed by atoms with Gasteiger partial charge in [-0.2, -0.15) is 15.2 Å². The van der Waals surface area contributed by atoms with Gasteiger partial charge in [-0.1, -0.05) is 159 Å². The molecule has 7 nitrogen and oxygen atoms in total. The number of nitrogens with zero attached hydrogens (tertiary/aromatic N) is 5. The van der Waals surface area contributed by atoms with Crippen molar-refractivity contribution in [1.82, 2.24) is 15.2 Å². The molecule has 0 amide bonds. The smallest absolute Gasteiger partial charge is 0.169 e. The van der Waals surface area contributed by atoms with Gasteiger partial charge in [0.15, 0.2) is 24.2 Å². The molecule has 1 N–H and O–H groups in total. The van der Waals surface area contributed by atoms with Crippen molar-refractivity contribution in [2.24, 2.45) is 10.3 Å². The second kappa shape index (κ2) is 15.6. The standard InChI is InChI=1S/C42H43N5O2/c1-4-6-25-37(18-5-2)46(32-48)49-38-30-28-33(29-31-38)39-26-16-17-27-40(39)41-43-44-47(45(41)3)42(34-19-10-7-11-20-34,35-21-12-8-13-22-35)36-23-14-9-15-24-36/h5,7-24,26-31,41,48H,2,4,6,25,32H2,1,3H3/b37-18-. The van der Waals surface area contributed by atoms with Crippen molar-refractivity contribution in [3.8, 4) is 16.9 Å². The van der Waals surface area contributed by atoms with Crippen LogP contribution in [0.3, 0.4) is 0 Å². The number of unbranched alkanes of at least 4 members (excludes halogenated alkanes) is 1. The molecule has 1 atom stereocenters. The van der Waals surface area contributed by atoms with Crippen LogP contribution in [-0.2, 0) is 5.54 Å². The van der Waals surface area contributed by atoms with Crippen molar-refractivity contribution >= 4 is 0 Å². The topological polar surface area (TPSA) is 63.9 Å². The summed E-state index contributed by atoms with van der Waals surface area (Å²) in [7, 11) is 2.05.